The van der Waals surface area contributed by atoms with Crippen molar-refractivity contribution in [2.75, 3.05) is 11.4 Å². The molecule has 1 aliphatic heterocycles. The van der Waals surface area contributed by atoms with Gasteiger partial charge >= 0.3 is 0 Å². The smallest absolute Gasteiger partial charge is 0.256 e. The van der Waals surface area contributed by atoms with Crippen LogP contribution in [0.4, 0.5) is 5.82 Å². The summed E-state index contributed by atoms with van der Waals surface area (Å²) < 4.78 is 5.73. The van der Waals surface area contributed by atoms with Gasteiger partial charge in [0, 0.05) is 18.3 Å². The molecule has 2 N–H and O–H groups in total. The Hall–Kier alpha value is -1.78. The number of pyridine rings is 1. The van der Waals surface area contributed by atoms with E-state index in [4.69, 9.17) is 10.5 Å². The maximum Gasteiger partial charge on any atom is 0.256 e. The van der Waals surface area contributed by atoms with E-state index < -0.39 is 5.91 Å². The summed E-state index contributed by atoms with van der Waals surface area (Å²) in [5.41, 5.74) is 5.93. The number of anilines is 1. The van der Waals surface area contributed by atoms with Crippen molar-refractivity contribution >= 4 is 11.7 Å². The molecular formula is C16H25N3O2. The number of primary amides is 1. The second kappa shape index (κ2) is 5.54. The summed E-state index contributed by atoms with van der Waals surface area (Å²) in [7, 11) is 0. The van der Waals surface area contributed by atoms with Crippen LogP contribution < -0.4 is 15.4 Å². The van der Waals surface area contributed by atoms with Crippen LogP contribution in [0.1, 0.15) is 51.4 Å². The van der Waals surface area contributed by atoms with Gasteiger partial charge in [0.1, 0.15) is 17.1 Å². The number of nitrogens with two attached hydrogens (primary N) is 1. The SMILES string of the molecule is CC1CN(c2nccc(OC(C)C)c2C(N)=O)C(C)(C)C1. The average Bonchev–Trinajstić information content (AvgIpc) is 2.60. The number of carbonyl (C=O) groups excluding carboxylic acids is 1. The first-order chi connectivity index (χ1) is 9.72. The number of amides is 1. The Bertz CT molecular complexity index is 540. The van der Waals surface area contributed by atoms with Crippen LogP contribution in [-0.2, 0) is 0 Å². The molecule has 1 aromatic heterocycles. The standard InChI is InChI=1S/C16H25N3O2/c1-10(2)21-12-6-7-18-15(13(12)14(17)20)19-9-11(3)8-16(19,4)5/h6-7,10-11H,8-9H2,1-5H3,(H2,17,20). The van der Waals surface area contributed by atoms with Crippen LogP contribution in [0.5, 0.6) is 5.75 Å². The van der Waals surface area contributed by atoms with Crippen molar-refractivity contribution in [3.8, 4) is 5.75 Å². The van der Waals surface area contributed by atoms with Crippen molar-refractivity contribution in [3.63, 3.8) is 0 Å². The molecule has 2 rings (SSSR count). The van der Waals surface area contributed by atoms with Crippen LogP contribution in [0.15, 0.2) is 12.3 Å². The summed E-state index contributed by atoms with van der Waals surface area (Å²) in [4.78, 5) is 18.5. The first-order valence-electron chi connectivity index (χ1n) is 7.45. The third-order valence-electron chi connectivity index (χ3n) is 3.83. The number of carbonyl (C=O) groups is 1. The molecule has 2 heterocycles. The number of rotatable bonds is 4. The molecule has 1 fully saturated rings. The highest BCUT2D eigenvalue weighted by Gasteiger charge is 2.39. The molecule has 21 heavy (non-hydrogen) atoms. The number of nitrogens with zero attached hydrogens (tertiary/aromatic N) is 2. The fourth-order valence-electron chi connectivity index (χ4n) is 3.18. The minimum absolute atomic E-state index is 0.0242. The zero-order chi connectivity index (χ0) is 15.8. The lowest BCUT2D eigenvalue weighted by atomic mass is 9.97. The lowest BCUT2D eigenvalue weighted by Crippen LogP contribution is -2.40. The zero-order valence-corrected chi connectivity index (χ0v) is 13.5. The summed E-state index contributed by atoms with van der Waals surface area (Å²) in [6.45, 7) is 11.3. The number of ether oxygens (including phenoxy) is 1. The van der Waals surface area contributed by atoms with Gasteiger partial charge in [-0.25, -0.2) is 4.98 Å². The first-order valence-corrected chi connectivity index (χ1v) is 7.45. The minimum Gasteiger partial charge on any atom is -0.490 e. The van der Waals surface area contributed by atoms with E-state index in [-0.39, 0.29) is 11.6 Å². The summed E-state index contributed by atoms with van der Waals surface area (Å²) in [5.74, 6) is 1.20. The van der Waals surface area contributed by atoms with E-state index in [2.05, 4.69) is 30.7 Å². The molecule has 0 radical (unpaired) electrons. The Balaban J connectivity index is 2.51. The largest absolute Gasteiger partial charge is 0.490 e. The lowest BCUT2D eigenvalue weighted by Gasteiger charge is -2.34. The van der Waals surface area contributed by atoms with Crippen molar-refractivity contribution in [1.29, 1.82) is 0 Å². The van der Waals surface area contributed by atoms with E-state index in [0.29, 0.717) is 23.0 Å². The fourth-order valence-corrected chi connectivity index (χ4v) is 3.18. The van der Waals surface area contributed by atoms with E-state index in [9.17, 15) is 4.79 Å². The third kappa shape index (κ3) is 3.12. The molecular weight excluding hydrogens is 266 g/mol. The quantitative estimate of drug-likeness (QED) is 0.925. The third-order valence-corrected chi connectivity index (χ3v) is 3.83. The molecule has 0 spiro atoms. The maximum atomic E-state index is 11.9. The maximum absolute atomic E-state index is 11.9. The highest BCUT2D eigenvalue weighted by Crippen LogP contribution is 2.39. The predicted molar refractivity (Wildman–Crippen MR) is 83.7 cm³/mol. The minimum atomic E-state index is -0.496. The van der Waals surface area contributed by atoms with E-state index in [1.54, 1.807) is 12.3 Å². The van der Waals surface area contributed by atoms with E-state index in [0.717, 1.165) is 13.0 Å². The van der Waals surface area contributed by atoms with Gasteiger partial charge in [-0.1, -0.05) is 6.92 Å². The Morgan fingerprint density at radius 1 is 1.52 bits per heavy atom. The summed E-state index contributed by atoms with van der Waals surface area (Å²) in [6.07, 6.45) is 2.71. The second-order valence-electron chi connectivity index (χ2n) is 6.77. The second-order valence-corrected chi connectivity index (χ2v) is 6.77. The molecule has 1 saturated heterocycles. The molecule has 5 nitrogen and oxygen atoms in total. The highest BCUT2D eigenvalue weighted by atomic mass is 16.5. The predicted octanol–water partition coefficient (Wildman–Crippen LogP) is 2.59. The number of hydrogen-bond donors (Lipinski definition) is 1. The Morgan fingerprint density at radius 3 is 2.67 bits per heavy atom. The van der Waals surface area contributed by atoms with Crippen molar-refractivity contribution in [3.05, 3.63) is 17.8 Å². The van der Waals surface area contributed by atoms with Gasteiger partial charge in [-0.15, -0.1) is 0 Å². The summed E-state index contributed by atoms with van der Waals surface area (Å²) >= 11 is 0. The van der Waals surface area contributed by atoms with Crippen LogP contribution in [0, 0.1) is 5.92 Å². The van der Waals surface area contributed by atoms with Crippen LogP contribution in [0.3, 0.4) is 0 Å². The molecule has 1 unspecified atom stereocenters. The van der Waals surface area contributed by atoms with Gasteiger partial charge in [0.2, 0.25) is 0 Å². The van der Waals surface area contributed by atoms with Crippen LogP contribution in [0.2, 0.25) is 0 Å². The Kier molecular flexibility index (Phi) is 4.12. The number of aromatic nitrogens is 1. The van der Waals surface area contributed by atoms with Crippen molar-refractivity contribution < 1.29 is 9.53 Å². The van der Waals surface area contributed by atoms with E-state index >= 15 is 0 Å². The van der Waals surface area contributed by atoms with Crippen molar-refractivity contribution in [1.82, 2.24) is 4.98 Å². The average molecular weight is 291 g/mol. The zero-order valence-electron chi connectivity index (χ0n) is 13.5. The van der Waals surface area contributed by atoms with Gasteiger partial charge < -0.3 is 15.4 Å². The van der Waals surface area contributed by atoms with Crippen molar-refractivity contribution in [2.45, 2.75) is 52.7 Å². The van der Waals surface area contributed by atoms with Gasteiger partial charge in [-0.05, 0) is 46.1 Å². The molecule has 1 amide bonds. The Labute approximate surface area is 126 Å². The Morgan fingerprint density at radius 2 is 2.19 bits per heavy atom. The van der Waals surface area contributed by atoms with Gasteiger partial charge in [0.25, 0.3) is 5.91 Å². The van der Waals surface area contributed by atoms with Gasteiger partial charge in [0.15, 0.2) is 0 Å². The van der Waals surface area contributed by atoms with E-state index in [1.807, 2.05) is 13.8 Å². The molecule has 1 aliphatic rings. The molecule has 1 atom stereocenters. The lowest BCUT2D eigenvalue weighted by molar-refractivity contribution is 0.0994. The van der Waals surface area contributed by atoms with Crippen molar-refractivity contribution in [2.24, 2.45) is 11.7 Å². The van der Waals surface area contributed by atoms with Crippen LogP contribution in [-0.4, -0.2) is 29.1 Å². The van der Waals surface area contributed by atoms with Gasteiger partial charge in [0.05, 0.1) is 6.10 Å². The summed E-state index contributed by atoms with van der Waals surface area (Å²) in [6, 6.07) is 1.70. The normalized spacial score (nSPS) is 20.9. The topological polar surface area (TPSA) is 68.5 Å². The monoisotopic (exact) mass is 291 g/mol. The molecule has 1 aromatic rings. The van der Waals surface area contributed by atoms with E-state index in [1.165, 1.54) is 0 Å². The molecule has 0 aliphatic carbocycles. The molecule has 0 saturated carbocycles. The number of hydrogen-bond acceptors (Lipinski definition) is 4. The fraction of sp³-hybridized carbons (Fsp3) is 0.625. The molecule has 116 valence electrons. The van der Waals surface area contributed by atoms with Gasteiger partial charge in [-0.3, -0.25) is 4.79 Å². The highest BCUT2D eigenvalue weighted by molar-refractivity contribution is 6.00. The van der Waals surface area contributed by atoms with Gasteiger partial charge in [-0.2, -0.15) is 0 Å². The molecule has 0 bridgehead atoms. The molecule has 0 aromatic carbocycles. The molecule has 5 heteroatoms. The first kappa shape index (κ1) is 15.6. The summed E-state index contributed by atoms with van der Waals surface area (Å²) in [5, 5.41) is 0. The van der Waals surface area contributed by atoms with Crippen LogP contribution >= 0.6 is 0 Å². The van der Waals surface area contributed by atoms with Crippen LogP contribution in [0.25, 0.3) is 0 Å².